The molecule has 0 aliphatic rings. The Balaban J connectivity index is 1.66. The van der Waals surface area contributed by atoms with Crippen molar-refractivity contribution < 1.29 is 4.79 Å². The van der Waals surface area contributed by atoms with Crippen LogP contribution in [0.4, 0.5) is 5.82 Å². The second-order valence-corrected chi connectivity index (χ2v) is 6.19. The second-order valence-electron chi connectivity index (χ2n) is 5.27. The molecule has 3 aromatic rings. The highest BCUT2D eigenvalue weighted by Gasteiger charge is 2.06. The Hall–Kier alpha value is -2.67. The third-order valence-electron chi connectivity index (χ3n) is 3.34. The highest BCUT2D eigenvalue weighted by Crippen LogP contribution is 2.15. The lowest BCUT2D eigenvalue weighted by Crippen LogP contribution is -2.13. The highest BCUT2D eigenvalue weighted by atomic mass is 79.9. The standard InChI is InChI=1S/C17H16BrN5O/c1-22-11-14(10-20-22)5-6-17(24)21-16-7-8-19-23(16)12-13-3-2-4-15(18)9-13/h2-11H,12H2,1H3,(H,21,24)/b6-5+. The van der Waals surface area contributed by atoms with Crippen LogP contribution in [0, 0.1) is 0 Å². The van der Waals surface area contributed by atoms with E-state index in [0.717, 1.165) is 15.6 Å². The monoisotopic (exact) mass is 385 g/mol. The van der Waals surface area contributed by atoms with Gasteiger partial charge in [-0.15, -0.1) is 0 Å². The molecule has 2 aromatic heterocycles. The third kappa shape index (κ3) is 4.20. The van der Waals surface area contributed by atoms with Gasteiger partial charge in [-0.05, 0) is 23.8 Å². The van der Waals surface area contributed by atoms with Crippen LogP contribution in [0.15, 0.2) is 59.5 Å². The molecular weight excluding hydrogens is 370 g/mol. The summed E-state index contributed by atoms with van der Waals surface area (Å²) in [5.41, 5.74) is 1.96. The van der Waals surface area contributed by atoms with Gasteiger partial charge in [-0.3, -0.25) is 9.48 Å². The third-order valence-corrected chi connectivity index (χ3v) is 3.83. The molecular formula is C17H16BrN5O. The summed E-state index contributed by atoms with van der Waals surface area (Å²) >= 11 is 3.45. The topological polar surface area (TPSA) is 64.7 Å². The molecule has 6 nitrogen and oxygen atoms in total. The van der Waals surface area contributed by atoms with Gasteiger partial charge < -0.3 is 5.32 Å². The molecule has 0 spiro atoms. The molecule has 0 saturated carbocycles. The Morgan fingerprint density at radius 3 is 2.96 bits per heavy atom. The van der Waals surface area contributed by atoms with Crippen molar-refractivity contribution in [1.82, 2.24) is 19.6 Å². The lowest BCUT2D eigenvalue weighted by Gasteiger charge is -2.08. The van der Waals surface area contributed by atoms with Crippen molar-refractivity contribution in [2.75, 3.05) is 5.32 Å². The molecule has 24 heavy (non-hydrogen) atoms. The van der Waals surface area contributed by atoms with Crippen LogP contribution in [0.5, 0.6) is 0 Å². The van der Waals surface area contributed by atoms with Crippen molar-refractivity contribution in [3.8, 4) is 0 Å². The zero-order valence-electron chi connectivity index (χ0n) is 13.1. The largest absolute Gasteiger partial charge is 0.307 e. The number of aryl methyl sites for hydroxylation is 1. The van der Waals surface area contributed by atoms with E-state index in [2.05, 4.69) is 31.4 Å². The summed E-state index contributed by atoms with van der Waals surface area (Å²) in [6.07, 6.45) is 8.39. The number of halogens is 1. The van der Waals surface area contributed by atoms with Crippen molar-refractivity contribution in [1.29, 1.82) is 0 Å². The van der Waals surface area contributed by atoms with Gasteiger partial charge in [-0.1, -0.05) is 28.1 Å². The predicted octanol–water partition coefficient (Wildman–Crippen LogP) is 3.08. The fourth-order valence-electron chi connectivity index (χ4n) is 2.24. The van der Waals surface area contributed by atoms with Gasteiger partial charge in [0.1, 0.15) is 5.82 Å². The fourth-order valence-corrected chi connectivity index (χ4v) is 2.69. The van der Waals surface area contributed by atoms with Crippen molar-refractivity contribution in [3.63, 3.8) is 0 Å². The first-order chi connectivity index (χ1) is 11.6. The molecule has 1 aromatic carbocycles. The van der Waals surface area contributed by atoms with E-state index in [-0.39, 0.29) is 5.91 Å². The number of nitrogens with one attached hydrogen (secondary N) is 1. The van der Waals surface area contributed by atoms with Crippen molar-refractivity contribution in [3.05, 3.63) is 70.6 Å². The van der Waals surface area contributed by atoms with Crippen molar-refractivity contribution in [2.45, 2.75) is 6.54 Å². The Kier molecular flexibility index (Phi) is 4.90. The molecule has 0 radical (unpaired) electrons. The average molecular weight is 386 g/mol. The van der Waals surface area contributed by atoms with E-state index in [1.54, 1.807) is 33.9 Å². The zero-order valence-corrected chi connectivity index (χ0v) is 14.6. The molecule has 122 valence electrons. The Bertz CT molecular complexity index is 881. The number of amides is 1. The van der Waals surface area contributed by atoms with Gasteiger partial charge in [0, 0.05) is 35.4 Å². The molecule has 0 unspecified atom stereocenters. The Morgan fingerprint density at radius 1 is 1.33 bits per heavy atom. The first-order valence-corrected chi connectivity index (χ1v) is 8.13. The maximum atomic E-state index is 12.1. The number of rotatable bonds is 5. The van der Waals surface area contributed by atoms with E-state index < -0.39 is 0 Å². The number of benzene rings is 1. The quantitative estimate of drug-likeness (QED) is 0.686. The van der Waals surface area contributed by atoms with Gasteiger partial charge in [0.25, 0.3) is 0 Å². The lowest BCUT2D eigenvalue weighted by molar-refractivity contribution is -0.111. The molecule has 7 heteroatoms. The normalized spacial score (nSPS) is 11.1. The molecule has 2 heterocycles. The van der Waals surface area contributed by atoms with Crippen molar-refractivity contribution >= 4 is 33.7 Å². The molecule has 0 aliphatic carbocycles. The fraction of sp³-hybridized carbons (Fsp3) is 0.118. The summed E-state index contributed by atoms with van der Waals surface area (Å²) in [6, 6.07) is 9.75. The minimum Gasteiger partial charge on any atom is -0.307 e. The van der Waals surface area contributed by atoms with Gasteiger partial charge in [0.05, 0.1) is 18.9 Å². The highest BCUT2D eigenvalue weighted by molar-refractivity contribution is 9.10. The molecule has 0 aliphatic heterocycles. The summed E-state index contributed by atoms with van der Waals surface area (Å²) in [6.45, 7) is 0.578. The number of anilines is 1. The molecule has 0 fully saturated rings. The first-order valence-electron chi connectivity index (χ1n) is 7.34. The molecule has 0 atom stereocenters. The molecule has 0 bridgehead atoms. The number of aromatic nitrogens is 4. The van der Waals surface area contributed by atoms with Gasteiger partial charge in [0.2, 0.25) is 5.91 Å². The van der Waals surface area contributed by atoms with Crippen LogP contribution in [0.25, 0.3) is 6.08 Å². The van der Waals surface area contributed by atoms with E-state index in [1.807, 2.05) is 37.5 Å². The Morgan fingerprint density at radius 2 is 2.21 bits per heavy atom. The number of carbonyl (C=O) groups excluding carboxylic acids is 1. The number of hydrogen-bond donors (Lipinski definition) is 1. The van der Waals surface area contributed by atoms with Crippen LogP contribution in [-0.4, -0.2) is 25.5 Å². The Labute approximate surface area is 147 Å². The molecule has 3 rings (SSSR count). The van der Waals surface area contributed by atoms with E-state index in [1.165, 1.54) is 6.08 Å². The number of nitrogens with zero attached hydrogens (tertiary/aromatic N) is 4. The van der Waals surface area contributed by atoms with E-state index in [0.29, 0.717) is 12.4 Å². The maximum absolute atomic E-state index is 12.1. The SMILES string of the molecule is Cn1cc(/C=C/C(=O)Nc2ccnn2Cc2cccc(Br)c2)cn1. The van der Waals surface area contributed by atoms with Crippen LogP contribution in [-0.2, 0) is 18.4 Å². The molecule has 1 amide bonds. The van der Waals surface area contributed by atoms with Gasteiger partial charge in [-0.25, -0.2) is 4.68 Å². The van der Waals surface area contributed by atoms with Crippen LogP contribution in [0.3, 0.4) is 0 Å². The van der Waals surface area contributed by atoms with Crippen LogP contribution < -0.4 is 5.32 Å². The number of hydrogen-bond acceptors (Lipinski definition) is 3. The van der Waals surface area contributed by atoms with Crippen molar-refractivity contribution in [2.24, 2.45) is 7.05 Å². The summed E-state index contributed by atoms with van der Waals surface area (Å²) < 4.78 is 4.44. The second kappa shape index (κ2) is 7.27. The van der Waals surface area contributed by atoms with Crippen LogP contribution in [0.2, 0.25) is 0 Å². The minimum atomic E-state index is -0.213. The molecule has 1 N–H and O–H groups in total. The summed E-state index contributed by atoms with van der Waals surface area (Å²) in [4.78, 5) is 12.1. The lowest BCUT2D eigenvalue weighted by atomic mass is 10.2. The zero-order chi connectivity index (χ0) is 16.9. The van der Waals surface area contributed by atoms with E-state index >= 15 is 0 Å². The minimum absolute atomic E-state index is 0.213. The van der Waals surface area contributed by atoms with Gasteiger partial charge in [0.15, 0.2) is 0 Å². The van der Waals surface area contributed by atoms with Crippen LogP contribution >= 0.6 is 15.9 Å². The van der Waals surface area contributed by atoms with E-state index in [4.69, 9.17) is 0 Å². The summed E-state index contributed by atoms with van der Waals surface area (Å²) in [5.74, 6) is 0.436. The summed E-state index contributed by atoms with van der Waals surface area (Å²) in [5, 5.41) is 11.2. The smallest absolute Gasteiger partial charge is 0.249 e. The number of carbonyl (C=O) groups is 1. The predicted molar refractivity (Wildman–Crippen MR) is 96.3 cm³/mol. The van der Waals surface area contributed by atoms with E-state index in [9.17, 15) is 4.79 Å². The van der Waals surface area contributed by atoms with Gasteiger partial charge >= 0.3 is 0 Å². The maximum Gasteiger partial charge on any atom is 0.249 e. The van der Waals surface area contributed by atoms with Gasteiger partial charge in [-0.2, -0.15) is 10.2 Å². The molecule has 0 saturated heterocycles. The first kappa shape index (κ1) is 16.2. The summed E-state index contributed by atoms with van der Waals surface area (Å²) in [7, 11) is 1.83. The average Bonchev–Trinajstić information content (AvgIpc) is 3.15. The van der Waals surface area contributed by atoms with Crippen LogP contribution in [0.1, 0.15) is 11.1 Å².